The van der Waals surface area contributed by atoms with Crippen LogP contribution in [0.1, 0.15) is 43.0 Å². The Morgan fingerprint density at radius 1 is 1.00 bits per heavy atom. The van der Waals surface area contributed by atoms with Crippen molar-refractivity contribution in [2.45, 2.75) is 37.9 Å². The average Bonchev–Trinajstić information content (AvgIpc) is 3.10. The molecule has 0 bridgehead atoms. The van der Waals surface area contributed by atoms with E-state index in [1.807, 2.05) is 54.6 Å². The maximum absolute atomic E-state index is 13.6. The standard InChI is InChI=1S/C26H24ClN3O/c1-26(2,19-8-4-3-5-9-19)29-23-16-24(21-10-6-7-11-22(21)27)30(25(23)31)20-14-12-18(17-28)13-15-20/h3-15,23-24,29H,16H2,1-2H3/t23-,24-/m1/s1. The van der Waals surface area contributed by atoms with Crippen molar-refractivity contribution in [3.05, 3.63) is 101 Å². The van der Waals surface area contributed by atoms with Gasteiger partial charge in [-0.05, 0) is 61.7 Å². The third-order valence-electron chi connectivity index (χ3n) is 5.88. The fourth-order valence-electron chi connectivity index (χ4n) is 4.26. The molecule has 31 heavy (non-hydrogen) atoms. The summed E-state index contributed by atoms with van der Waals surface area (Å²) in [5.74, 6) is -0.00127. The van der Waals surface area contributed by atoms with Crippen molar-refractivity contribution in [2.75, 3.05) is 4.90 Å². The van der Waals surface area contributed by atoms with Crippen molar-refractivity contribution in [3.8, 4) is 6.07 Å². The van der Waals surface area contributed by atoms with Gasteiger partial charge in [0.25, 0.3) is 0 Å². The molecule has 4 nitrogen and oxygen atoms in total. The lowest BCUT2D eigenvalue weighted by Gasteiger charge is -2.30. The van der Waals surface area contributed by atoms with Gasteiger partial charge in [0.15, 0.2) is 0 Å². The molecule has 0 saturated carbocycles. The van der Waals surface area contributed by atoms with Crippen molar-refractivity contribution in [1.29, 1.82) is 5.26 Å². The fraction of sp³-hybridized carbons (Fsp3) is 0.231. The Morgan fingerprint density at radius 3 is 2.29 bits per heavy atom. The summed E-state index contributed by atoms with van der Waals surface area (Å²) in [6.07, 6.45) is 0.596. The zero-order chi connectivity index (χ0) is 22.0. The van der Waals surface area contributed by atoms with Gasteiger partial charge in [0.05, 0.1) is 23.7 Å². The number of amides is 1. The van der Waals surface area contributed by atoms with E-state index in [0.717, 1.165) is 16.8 Å². The molecule has 1 fully saturated rings. The second-order valence-corrected chi connectivity index (χ2v) is 8.74. The number of rotatable bonds is 5. The van der Waals surface area contributed by atoms with Crippen LogP contribution in [0.25, 0.3) is 0 Å². The number of nitrogens with zero attached hydrogens (tertiary/aromatic N) is 2. The highest BCUT2D eigenvalue weighted by atomic mass is 35.5. The van der Waals surface area contributed by atoms with Crippen molar-refractivity contribution in [3.63, 3.8) is 0 Å². The van der Waals surface area contributed by atoms with Crippen LogP contribution in [0.2, 0.25) is 5.02 Å². The minimum absolute atomic E-state index is 0.00127. The number of hydrogen-bond donors (Lipinski definition) is 1. The van der Waals surface area contributed by atoms with Gasteiger partial charge in [-0.15, -0.1) is 0 Å². The molecule has 0 unspecified atom stereocenters. The molecule has 3 aromatic carbocycles. The minimum atomic E-state index is -0.382. The van der Waals surface area contributed by atoms with Crippen molar-refractivity contribution in [2.24, 2.45) is 0 Å². The molecule has 2 atom stereocenters. The maximum Gasteiger partial charge on any atom is 0.244 e. The largest absolute Gasteiger partial charge is 0.303 e. The first kappa shape index (κ1) is 21.1. The van der Waals surface area contributed by atoms with Crippen LogP contribution in [-0.4, -0.2) is 11.9 Å². The normalized spacial score (nSPS) is 18.8. The Morgan fingerprint density at radius 2 is 1.65 bits per heavy atom. The fourth-order valence-corrected chi connectivity index (χ4v) is 4.52. The monoisotopic (exact) mass is 429 g/mol. The van der Waals surface area contributed by atoms with Gasteiger partial charge < -0.3 is 4.90 Å². The van der Waals surface area contributed by atoms with Crippen molar-refractivity contribution < 1.29 is 4.79 Å². The van der Waals surface area contributed by atoms with Crippen LogP contribution >= 0.6 is 11.6 Å². The van der Waals surface area contributed by atoms with Crippen LogP contribution in [0, 0.1) is 11.3 Å². The van der Waals surface area contributed by atoms with E-state index in [0.29, 0.717) is 17.0 Å². The Balaban J connectivity index is 1.70. The van der Waals surface area contributed by atoms with Crippen LogP contribution in [-0.2, 0) is 10.3 Å². The number of nitriles is 1. The second-order valence-electron chi connectivity index (χ2n) is 8.33. The van der Waals surface area contributed by atoms with E-state index >= 15 is 0 Å². The lowest BCUT2D eigenvalue weighted by molar-refractivity contribution is -0.119. The number of nitrogens with one attached hydrogen (secondary N) is 1. The minimum Gasteiger partial charge on any atom is -0.303 e. The topological polar surface area (TPSA) is 56.1 Å². The summed E-state index contributed by atoms with van der Waals surface area (Å²) in [4.78, 5) is 15.4. The van der Waals surface area contributed by atoms with E-state index < -0.39 is 0 Å². The first-order chi connectivity index (χ1) is 14.9. The molecule has 1 heterocycles. The Bertz CT molecular complexity index is 1120. The lowest BCUT2D eigenvalue weighted by atomic mass is 9.92. The van der Waals surface area contributed by atoms with E-state index in [2.05, 4.69) is 37.4 Å². The molecule has 0 spiro atoms. The molecular formula is C26H24ClN3O. The highest BCUT2D eigenvalue weighted by Gasteiger charge is 2.43. The smallest absolute Gasteiger partial charge is 0.244 e. The third kappa shape index (κ3) is 4.20. The van der Waals surface area contributed by atoms with Gasteiger partial charge in [-0.2, -0.15) is 5.26 Å². The van der Waals surface area contributed by atoms with Crippen molar-refractivity contribution in [1.82, 2.24) is 5.32 Å². The molecule has 156 valence electrons. The molecule has 1 aliphatic rings. The van der Waals surface area contributed by atoms with E-state index in [1.165, 1.54) is 0 Å². The number of carbonyl (C=O) groups is 1. The zero-order valence-corrected chi connectivity index (χ0v) is 18.3. The Labute approximate surface area is 188 Å². The van der Waals surface area contributed by atoms with E-state index in [1.54, 1.807) is 17.0 Å². The summed E-state index contributed by atoms with van der Waals surface area (Å²) >= 11 is 6.53. The molecule has 1 saturated heterocycles. The molecule has 1 amide bonds. The summed E-state index contributed by atoms with van der Waals surface area (Å²) in [6, 6.07) is 26.5. The van der Waals surface area contributed by atoms with Gasteiger partial charge >= 0.3 is 0 Å². The first-order valence-electron chi connectivity index (χ1n) is 10.3. The van der Waals surface area contributed by atoms with Gasteiger partial charge in [0, 0.05) is 16.2 Å². The van der Waals surface area contributed by atoms with Crippen LogP contribution in [0.15, 0.2) is 78.9 Å². The molecule has 1 N–H and O–H groups in total. The maximum atomic E-state index is 13.6. The second kappa shape index (κ2) is 8.55. The molecule has 0 aromatic heterocycles. The summed E-state index contributed by atoms with van der Waals surface area (Å²) in [5.41, 5.74) is 2.98. The Kier molecular flexibility index (Phi) is 5.82. The van der Waals surface area contributed by atoms with Gasteiger partial charge in [-0.1, -0.05) is 60.1 Å². The SMILES string of the molecule is CC(C)(N[C@@H]1C[C@H](c2ccccc2Cl)N(c2ccc(C#N)cc2)C1=O)c1ccccc1. The zero-order valence-electron chi connectivity index (χ0n) is 17.5. The van der Waals surface area contributed by atoms with Gasteiger partial charge in [-0.25, -0.2) is 0 Å². The van der Waals surface area contributed by atoms with Gasteiger partial charge in [0.1, 0.15) is 0 Å². The number of hydrogen-bond acceptors (Lipinski definition) is 3. The highest BCUT2D eigenvalue weighted by molar-refractivity contribution is 6.31. The molecular weight excluding hydrogens is 406 g/mol. The molecule has 1 aliphatic heterocycles. The summed E-state index contributed by atoms with van der Waals surface area (Å²) < 4.78 is 0. The number of carbonyl (C=O) groups excluding carboxylic acids is 1. The quantitative estimate of drug-likeness (QED) is 0.575. The Hall–Kier alpha value is -3.13. The summed E-state index contributed by atoms with van der Waals surface area (Å²) in [6.45, 7) is 4.18. The van der Waals surface area contributed by atoms with E-state index in [4.69, 9.17) is 16.9 Å². The number of benzene rings is 3. The summed E-state index contributed by atoms with van der Waals surface area (Å²) in [7, 11) is 0. The molecule has 5 heteroatoms. The molecule has 3 aromatic rings. The molecule has 0 radical (unpaired) electrons. The average molecular weight is 430 g/mol. The van der Waals surface area contributed by atoms with Gasteiger partial charge in [-0.3, -0.25) is 10.1 Å². The van der Waals surface area contributed by atoms with Crippen molar-refractivity contribution >= 4 is 23.2 Å². The van der Waals surface area contributed by atoms with Crippen LogP contribution in [0.5, 0.6) is 0 Å². The van der Waals surface area contributed by atoms with Crippen LogP contribution in [0.4, 0.5) is 5.69 Å². The lowest BCUT2D eigenvalue weighted by Crippen LogP contribution is -2.47. The van der Waals surface area contributed by atoms with Crippen LogP contribution in [0.3, 0.4) is 0 Å². The summed E-state index contributed by atoms with van der Waals surface area (Å²) in [5, 5.41) is 13.3. The third-order valence-corrected chi connectivity index (χ3v) is 6.22. The highest BCUT2D eigenvalue weighted by Crippen LogP contribution is 2.40. The molecule has 0 aliphatic carbocycles. The van der Waals surface area contributed by atoms with E-state index in [9.17, 15) is 4.79 Å². The number of halogens is 1. The predicted octanol–water partition coefficient (Wildman–Crippen LogP) is 5.58. The van der Waals surface area contributed by atoms with Crippen LogP contribution < -0.4 is 10.2 Å². The molecule has 4 rings (SSSR count). The van der Waals surface area contributed by atoms with E-state index in [-0.39, 0.29) is 23.5 Å². The number of anilines is 1. The predicted molar refractivity (Wildman–Crippen MR) is 124 cm³/mol. The first-order valence-corrected chi connectivity index (χ1v) is 10.7. The van der Waals surface area contributed by atoms with Gasteiger partial charge in [0.2, 0.25) is 5.91 Å².